The van der Waals surface area contributed by atoms with Crippen LogP contribution in [0.3, 0.4) is 0 Å². The van der Waals surface area contributed by atoms with Crippen LogP contribution in [0.2, 0.25) is 0 Å². The fourth-order valence-electron chi connectivity index (χ4n) is 3.02. The summed E-state index contributed by atoms with van der Waals surface area (Å²) in [6.07, 6.45) is 0. The number of carbonyl (C=O) groups is 1. The molecule has 2 aromatic carbocycles. The van der Waals surface area contributed by atoms with Gasteiger partial charge in [0.05, 0.1) is 11.6 Å². The number of nitrogens with one attached hydrogen (secondary N) is 2. The number of carbonyl (C=O) groups excluding carboxylic acids is 1. The first kappa shape index (κ1) is 20.0. The van der Waals surface area contributed by atoms with Crippen molar-refractivity contribution in [3.8, 4) is 6.07 Å². The Hall–Kier alpha value is -3.72. The van der Waals surface area contributed by atoms with Crippen LogP contribution in [-0.4, -0.2) is 15.9 Å². The first-order valence-corrected chi connectivity index (χ1v) is 9.41. The van der Waals surface area contributed by atoms with E-state index in [1.54, 1.807) is 30.3 Å². The van der Waals surface area contributed by atoms with Crippen molar-refractivity contribution in [3.63, 3.8) is 0 Å². The third-order valence-corrected chi connectivity index (χ3v) is 4.52. The van der Waals surface area contributed by atoms with Crippen molar-refractivity contribution in [1.82, 2.24) is 9.97 Å². The molecule has 0 spiro atoms. The van der Waals surface area contributed by atoms with Crippen LogP contribution in [0.1, 0.15) is 52.6 Å². The molecular formula is C23H23N5O. The van der Waals surface area contributed by atoms with Crippen LogP contribution in [0.25, 0.3) is 0 Å². The minimum Gasteiger partial charge on any atom is -0.324 e. The van der Waals surface area contributed by atoms with Gasteiger partial charge in [0.2, 0.25) is 5.95 Å². The second-order valence-corrected chi connectivity index (χ2v) is 7.18. The van der Waals surface area contributed by atoms with Gasteiger partial charge in [0.25, 0.3) is 5.91 Å². The molecule has 1 aromatic heterocycles. The Morgan fingerprint density at radius 2 is 1.79 bits per heavy atom. The van der Waals surface area contributed by atoms with E-state index in [0.717, 1.165) is 22.5 Å². The maximum absolute atomic E-state index is 12.9. The van der Waals surface area contributed by atoms with E-state index >= 15 is 0 Å². The molecule has 0 unspecified atom stereocenters. The first-order valence-electron chi connectivity index (χ1n) is 9.41. The van der Waals surface area contributed by atoms with Crippen LogP contribution < -0.4 is 10.6 Å². The molecule has 29 heavy (non-hydrogen) atoms. The zero-order valence-corrected chi connectivity index (χ0v) is 16.9. The second-order valence-electron chi connectivity index (χ2n) is 7.18. The molecule has 0 radical (unpaired) electrons. The highest BCUT2D eigenvalue weighted by atomic mass is 16.1. The number of benzene rings is 2. The van der Waals surface area contributed by atoms with Gasteiger partial charge in [0, 0.05) is 17.1 Å². The molecule has 0 saturated heterocycles. The SMILES string of the molecule is Cc1cc(C(=O)Nc2c(C)cccc2C(C)C)nc(Nc2ccc(C#N)cc2)n1. The van der Waals surface area contributed by atoms with E-state index in [1.807, 2.05) is 32.0 Å². The topological polar surface area (TPSA) is 90.7 Å². The smallest absolute Gasteiger partial charge is 0.274 e. The largest absolute Gasteiger partial charge is 0.324 e. The Balaban J connectivity index is 1.86. The maximum Gasteiger partial charge on any atom is 0.274 e. The Morgan fingerprint density at radius 3 is 2.45 bits per heavy atom. The Morgan fingerprint density at radius 1 is 1.07 bits per heavy atom. The van der Waals surface area contributed by atoms with Gasteiger partial charge in [-0.3, -0.25) is 4.79 Å². The van der Waals surface area contributed by atoms with E-state index in [2.05, 4.69) is 40.5 Å². The van der Waals surface area contributed by atoms with Crippen molar-refractivity contribution < 1.29 is 4.79 Å². The van der Waals surface area contributed by atoms with Crippen LogP contribution in [0.15, 0.2) is 48.5 Å². The number of anilines is 3. The molecule has 146 valence electrons. The van der Waals surface area contributed by atoms with Gasteiger partial charge in [-0.15, -0.1) is 0 Å². The highest BCUT2D eigenvalue weighted by Gasteiger charge is 2.16. The summed E-state index contributed by atoms with van der Waals surface area (Å²) in [6, 6.07) is 16.7. The van der Waals surface area contributed by atoms with E-state index in [-0.39, 0.29) is 17.5 Å². The molecule has 1 amide bonds. The van der Waals surface area contributed by atoms with Gasteiger partial charge in [-0.1, -0.05) is 32.0 Å². The van der Waals surface area contributed by atoms with Crippen LogP contribution in [0, 0.1) is 25.2 Å². The lowest BCUT2D eigenvalue weighted by atomic mass is 9.98. The lowest BCUT2D eigenvalue weighted by Crippen LogP contribution is -2.17. The molecule has 3 rings (SSSR count). The monoisotopic (exact) mass is 385 g/mol. The summed E-state index contributed by atoms with van der Waals surface area (Å²) in [4.78, 5) is 21.6. The van der Waals surface area contributed by atoms with E-state index in [9.17, 15) is 4.79 Å². The summed E-state index contributed by atoms with van der Waals surface area (Å²) in [6.45, 7) is 7.98. The van der Waals surface area contributed by atoms with Gasteiger partial charge in [0.15, 0.2) is 0 Å². The molecule has 6 heteroatoms. The average Bonchev–Trinajstić information content (AvgIpc) is 2.69. The standard InChI is InChI=1S/C23H23N5O/c1-14(2)19-7-5-6-15(3)21(19)28-22(29)20-12-16(4)25-23(27-20)26-18-10-8-17(13-24)9-11-18/h5-12,14H,1-4H3,(H,28,29)(H,25,26,27). The van der Waals surface area contributed by atoms with Crippen LogP contribution in [0.5, 0.6) is 0 Å². The number of amides is 1. The molecule has 2 N–H and O–H groups in total. The second kappa shape index (κ2) is 8.53. The predicted octanol–water partition coefficient (Wildman–Crippen LogP) is 5.08. The number of nitrogens with zero attached hydrogens (tertiary/aromatic N) is 3. The number of hydrogen-bond donors (Lipinski definition) is 2. The highest BCUT2D eigenvalue weighted by molar-refractivity contribution is 6.04. The molecule has 0 aliphatic heterocycles. The quantitative estimate of drug-likeness (QED) is 0.639. The summed E-state index contributed by atoms with van der Waals surface area (Å²) in [5.74, 6) is 0.328. The molecule has 0 atom stereocenters. The van der Waals surface area contributed by atoms with E-state index in [4.69, 9.17) is 5.26 Å². The normalized spacial score (nSPS) is 10.5. The van der Waals surface area contributed by atoms with E-state index in [1.165, 1.54) is 0 Å². The van der Waals surface area contributed by atoms with Crippen molar-refractivity contribution in [1.29, 1.82) is 5.26 Å². The van der Waals surface area contributed by atoms with Crippen molar-refractivity contribution in [2.75, 3.05) is 10.6 Å². The van der Waals surface area contributed by atoms with Gasteiger partial charge >= 0.3 is 0 Å². The molecule has 0 fully saturated rings. The van der Waals surface area contributed by atoms with Gasteiger partial charge in [-0.05, 0) is 61.2 Å². The van der Waals surface area contributed by atoms with Crippen molar-refractivity contribution in [2.24, 2.45) is 0 Å². The molecule has 0 bridgehead atoms. The Bertz CT molecular complexity index is 1080. The van der Waals surface area contributed by atoms with E-state index in [0.29, 0.717) is 17.2 Å². The first-order chi connectivity index (χ1) is 13.9. The Kier molecular flexibility index (Phi) is 5.89. The Labute approximate surface area is 170 Å². The summed E-state index contributed by atoms with van der Waals surface area (Å²) >= 11 is 0. The fraction of sp³-hybridized carbons (Fsp3) is 0.217. The summed E-state index contributed by atoms with van der Waals surface area (Å²) < 4.78 is 0. The third kappa shape index (κ3) is 4.77. The zero-order valence-electron chi connectivity index (χ0n) is 16.9. The van der Waals surface area contributed by atoms with Crippen molar-refractivity contribution in [2.45, 2.75) is 33.6 Å². The van der Waals surface area contributed by atoms with Crippen molar-refractivity contribution >= 4 is 23.2 Å². The van der Waals surface area contributed by atoms with E-state index < -0.39 is 0 Å². The predicted molar refractivity (Wildman–Crippen MR) is 114 cm³/mol. The summed E-state index contributed by atoms with van der Waals surface area (Å²) in [5, 5.41) is 15.0. The highest BCUT2D eigenvalue weighted by Crippen LogP contribution is 2.28. The molecule has 0 saturated carbocycles. The van der Waals surface area contributed by atoms with Gasteiger partial charge in [-0.25, -0.2) is 9.97 Å². The number of aromatic nitrogens is 2. The van der Waals surface area contributed by atoms with Crippen LogP contribution in [0.4, 0.5) is 17.3 Å². The molecule has 6 nitrogen and oxygen atoms in total. The minimum absolute atomic E-state index is 0.283. The zero-order chi connectivity index (χ0) is 21.0. The number of aryl methyl sites for hydroxylation is 2. The molecular weight excluding hydrogens is 362 g/mol. The maximum atomic E-state index is 12.9. The van der Waals surface area contributed by atoms with Gasteiger partial charge < -0.3 is 10.6 Å². The lowest BCUT2D eigenvalue weighted by molar-refractivity contribution is 0.102. The summed E-state index contributed by atoms with van der Waals surface area (Å²) in [7, 11) is 0. The van der Waals surface area contributed by atoms with Gasteiger partial charge in [0.1, 0.15) is 5.69 Å². The number of hydrogen-bond acceptors (Lipinski definition) is 5. The lowest BCUT2D eigenvalue weighted by Gasteiger charge is -2.16. The number of nitriles is 1. The summed E-state index contributed by atoms with van der Waals surface area (Å²) in [5.41, 5.74) is 5.18. The third-order valence-electron chi connectivity index (χ3n) is 4.52. The number of rotatable bonds is 5. The molecule has 1 heterocycles. The molecule has 0 aliphatic rings. The number of para-hydroxylation sites is 1. The average molecular weight is 385 g/mol. The van der Waals surface area contributed by atoms with Gasteiger partial charge in [-0.2, -0.15) is 5.26 Å². The minimum atomic E-state index is -0.283. The molecule has 0 aliphatic carbocycles. The van der Waals surface area contributed by atoms with Crippen LogP contribution in [-0.2, 0) is 0 Å². The van der Waals surface area contributed by atoms with Crippen molar-refractivity contribution in [3.05, 3.63) is 76.6 Å². The van der Waals surface area contributed by atoms with Crippen LogP contribution >= 0.6 is 0 Å². The molecule has 3 aromatic rings. The fourth-order valence-corrected chi connectivity index (χ4v) is 3.02.